The number of rotatable bonds is 3. The van der Waals surface area contributed by atoms with Gasteiger partial charge >= 0.3 is 0 Å². The molecule has 4 nitrogen and oxygen atoms in total. The van der Waals surface area contributed by atoms with E-state index in [0.717, 1.165) is 22.5 Å². The first-order chi connectivity index (χ1) is 11.0. The van der Waals surface area contributed by atoms with Crippen LogP contribution in [0.2, 0.25) is 0 Å². The molecule has 118 valence electrons. The van der Waals surface area contributed by atoms with E-state index in [1.54, 1.807) is 0 Å². The van der Waals surface area contributed by atoms with Crippen LogP contribution in [0.25, 0.3) is 11.1 Å². The van der Waals surface area contributed by atoms with Gasteiger partial charge < -0.3 is 15.1 Å². The van der Waals surface area contributed by atoms with Gasteiger partial charge in [-0.1, -0.05) is 26.0 Å². The van der Waals surface area contributed by atoms with Crippen molar-refractivity contribution in [2.24, 2.45) is 0 Å². The molecular weight excluding hydrogens is 306 g/mol. The molecule has 0 saturated carbocycles. The summed E-state index contributed by atoms with van der Waals surface area (Å²) in [7, 11) is 0. The minimum atomic E-state index is 0.520. The molecule has 0 fully saturated rings. The van der Waals surface area contributed by atoms with Crippen LogP contribution < -0.4 is 10.6 Å². The standard InChI is InChI=1S/C18H19N3OS/c1-11(2)13-4-6-14(7-5-13)20-18(23)21-15-8-9-17-16(10-15)19-12(3)22-17/h4-11H,1-3H3,(H2,20,21,23). The molecule has 0 aliphatic heterocycles. The first-order valence-corrected chi connectivity index (χ1v) is 7.97. The third-order valence-electron chi connectivity index (χ3n) is 3.59. The average molecular weight is 325 g/mol. The predicted molar refractivity (Wildman–Crippen MR) is 99.1 cm³/mol. The topological polar surface area (TPSA) is 50.1 Å². The van der Waals surface area contributed by atoms with E-state index >= 15 is 0 Å². The van der Waals surface area contributed by atoms with Crippen molar-refractivity contribution in [2.45, 2.75) is 26.7 Å². The number of nitrogens with zero attached hydrogens (tertiary/aromatic N) is 1. The SMILES string of the molecule is Cc1nc2cc(NC(=S)Nc3ccc(C(C)C)cc3)ccc2o1. The van der Waals surface area contributed by atoms with Crippen molar-refractivity contribution >= 4 is 39.8 Å². The van der Waals surface area contributed by atoms with E-state index in [1.165, 1.54) is 5.56 Å². The van der Waals surface area contributed by atoms with Crippen molar-refractivity contribution in [1.29, 1.82) is 0 Å². The first kappa shape index (κ1) is 15.5. The van der Waals surface area contributed by atoms with E-state index < -0.39 is 0 Å². The maximum Gasteiger partial charge on any atom is 0.192 e. The Morgan fingerprint density at radius 1 is 1.04 bits per heavy atom. The molecule has 2 N–H and O–H groups in total. The number of hydrogen-bond donors (Lipinski definition) is 2. The van der Waals surface area contributed by atoms with Gasteiger partial charge in [0.1, 0.15) is 5.52 Å². The lowest BCUT2D eigenvalue weighted by molar-refractivity contribution is 0.561. The van der Waals surface area contributed by atoms with Gasteiger partial charge in [0.15, 0.2) is 16.6 Å². The molecule has 0 atom stereocenters. The Kier molecular flexibility index (Phi) is 4.30. The Labute approximate surface area is 140 Å². The monoisotopic (exact) mass is 325 g/mol. The lowest BCUT2D eigenvalue weighted by atomic mass is 10.0. The second-order valence-corrected chi connectivity index (χ2v) is 6.18. The zero-order valence-electron chi connectivity index (χ0n) is 13.4. The van der Waals surface area contributed by atoms with E-state index in [-0.39, 0.29) is 0 Å². The second kappa shape index (κ2) is 6.38. The average Bonchev–Trinajstić information content (AvgIpc) is 2.87. The van der Waals surface area contributed by atoms with Gasteiger partial charge in [0.05, 0.1) is 0 Å². The van der Waals surface area contributed by atoms with Crippen LogP contribution in [0.3, 0.4) is 0 Å². The molecule has 3 rings (SSSR count). The third-order valence-corrected chi connectivity index (χ3v) is 3.79. The van der Waals surface area contributed by atoms with Crippen LogP contribution >= 0.6 is 12.2 Å². The number of thiocarbonyl (C=S) groups is 1. The summed E-state index contributed by atoms with van der Waals surface area (Å²) in [6.07, 6.45) is 0. The fourth-order valence-electron chi connectivity index (χ4n) is 2.37. The fourth-order valence-corrected chi connectivity index (χ4v) is 2.60. The van der Waals surface area contributed by atoms with E-state index in [4.69, 9.17) is 16.6 Å². The van der Waals surface area contributed by atoms with Gasteiger partial charge in [-0.15, -0.1) is 0 Å². The molecule has 0 spiro atoms. The van der Waals surface area contributed by atoms with Gasteiger partial charge in [0.2, 0.25) is 0 Å². The molecule has 2 aromatic carbocycles. The summed E-state index contributed by atoms with van der Waals surface area (Å²) in [5.41, 5.74) is 4.74. The number of hydrogen-bond acceptors (Lipinski definition) is 3. The largest absolute Gasteiger partial charge is 0.441 e. The van der Waals surface area contributed by atoms with E-state index in [9.17, 15) is 0 Å². The highest BCUT2D eigenvalue weighted by atomic mass is 32.1. The van der Waals surface area contributed by atoms with Crippen LogP contribution in [-0.4, -0.2) is 10.1 Å². The normalized spacial score (nSPS) is 11.0. The Morgan fingerprint density at radius 3 is 2.39 bits per heavy atom. The van der Waals surface area contributed by atoms with Crippen molar-refractivity contribution in [3.8, 4) is 0 Å². The summed E-state index contributed by atoms with van der Waals surface area (Å²) in [4.78, 5) is 4.32. The molecule has 0 amide bonds. The van der Waals surface area contributed by atoms with E-state index in [1.807, 2.05) is 37.3 Å². The first-order valence-electron chi connectivity index (χ1n) is 7.56. The van der Waals surface area contributed by atoms with Gasteiger partial charge in [-0.25, -0.2) is 4.98 Å². The van der Waals surface area contributed by atoms with Crippen LogP contribution in [0.4, 0.5) is 11.4 Å². The smallest absolute Gasteiger partial charge is 0.192 e. The lowest BCUT2D eigenvalue weighted by Gasteiger charge is -2.12. The minimum Gasteiger partial charge on any atom is -0.441 e. The van der Waals surface area contributed by atoms with E-state index in [2.05, 4.69) is 41.6 Å². The number of fused-ring (bicyclic) bond motifs is 1. The lowest BCUT2D eigenvalue weighted by Crippen LogP contribution is -2.18. The minimum absolute atomic E-state index is 0.520. The van der Waals surface area contributed by atoms with Gasteiger partial charge in [-0.2, -0.15) is 0 Å². The van der Waals surface area contributed by atoms with Crippen LogP contribution in [0.1, 0.15) is 31.2 Å². The zero-order valence-corrected chi connectivity index (χ0v) is 14.2. The molecule has 0 unspecified atom stereocenters. The van der Waals surface area contributed by atoms with Crippen molar-refractivity contribution in [1.82, 2.24) is 4.98 Å². The molecular formula is C18H19N3OS. The Bertz CT molecular complexity index is 837. The molecule has 0 aliphatic carbocycles. The molecule has 1 aromatic heterocycles. The number of benzene rings is 2. The number of nitrogens with one attached hydrogen (secondary N) is 2. The summed E-state index contributed by atoms with van der Waals surface area (Å²) in [6, 6.07) is 14.0. The Balaban J connectivity index is 1.67. The number of oxazole rings is 1. The third kappa shape index (κ3) is 3.68. The molecule has 0 radical (unpaired) electrons. The maximum atomic E-state index is 5.47. The zero-order chi connectivity index (χ0) is 16.4. The molecule has 23 heavy (non-hydrogen) atoms. The molecule has 0 bridgehead atoms. The van der Waals surface area contributed by atoms with Crippen LogP contribution in [0, 0.1) is 6.92 Å². The van der Waals surface area contributed by atoms with Gasteiger partial charge in [0, 0.05) is 18.3 Å². The Morgan fingerprint density at radius 2 is 1.70 bits per heavy atom. The van der Waals surface area contributed by atoms with Crippen molar-refractivity contribution in [3.05, 3.63) is 53.9 Å². The summed E-state index contributed by atoms with van der Waals surface area (Å²) in [6.45, 7) is 6.19. The van der Waals surface area contributed by atoms with E-state index in [0.29, 0.717) is 16.9 Å². The molecule has 0 aliphatic rings. The number of aryl methyl sites for hydroxylation is 1. The maximum absolute atomic E-state index is 5.47. The van der Waals surface area contributed by atoms with Gasteiger partial charge in [0.25, 0.3) is 0 Å². The number of anilines is 2. The van der Waals surface area contributed by atoms with Crippen molar-refractivity contribution in [2.75, 3.05) is 10.6 Å². The summed E-state index contributed by atoms with van der Waals surface area (Å²) in [5, 5.41) is 6.90. The summed E-state index contributed by atoms with van der Waals surface area (Å²) >= 11 is 5.36. The molecule has 1 heterocycles. The molecule has 0 saturated heterocycles. The quantitative estimate of drug-likeness (QED) is 0.659. The van der Waals surface area contributed by atoms with Crippen molar-refractivity contribution < 1.29 is 4.42 Å². The van der Waals surface area contributed by atoms with Crippen LogP contribution in [0.5, 0.6) is 0 Å². The molecule has 3 aromatic rings. The highest BCUT2D eigenvalue weighted by molar-refractivity contribution is 7.80. The second-order valence-electron chi connectivity index (χ2n) is 5.77. The predicted octanol–water partition coefficient (Wildman–Crippen LogP) is 5.07. The molecule has 5 heteroatoms. The highest BCUT2D eigenvalue weighted by Crippen LogP contribution is 2.20. The fraction of sp³-hybridized carbons (Fsp3) is 0.222. The van der Waals surface area contributed by atoms with Crippen LogP contribution in [-0.2, 0) is 0 Å². The van der Waals surface area contributed by atoms with Gasteiger partial charge in [-0.05, 0) is 54.0 Å². The summed E-state index contributed by atoms with van der Waals surface area (Å²) in [5.74, 6) is 1.18. The van der Waals surface area contributed by atoms with Crippen LogP contribution in [0.15, 0.2) is 46.9 Å². The van der Waals surface area contributed by atoms with Crippen molar-refractivity contribution in [3.63, 3.8) is 0 Å². The Hall–Kier alpha value is -2.40. The summed E-state index contributed by atoms with van der Waals surface area (Å²) < 4.78 is 5.47. The number of aromatic nitrogens is 1. The van der Waals surface area contributed by atoms with Gasteiger partial charge in [-0.3, -0.25) is 0 Å². The highest BCUT2D eigenvalue weighted by Gasteiger charge is 2.05.